The van der Waals surface area contributed by atoms with E-state index in [1.54, 1.807) is 0 Å². The predicted molar refractivity (Wildman–Crippen MR) is 67.6 cm³/mol. The van der Waals surface area contributed by atoms with E-state index in [-0.39, 0.29) is 12.2 Å². The monoisotopic (exact) mass is 276 g/mol. The summed E-state index contributed by atoms with van der Waals surface area (Å²) in [6.45, 7) is 0. The molecule has 0 heterocycles. The molecule has 0 saturated heterocycles. The van der Waals surface area contributed by atoms with Crippen molar-refractivity contribution in [1.29, 1.82) is 0 Å². The van der Waals surface area contributed by atoms with Gasteiger partial charge in [0.1, 0.15) is 6.10 Å². The van der Waals surface area contributed by atoms with Crippen LogP contribution in [0, 0.1) is 0 Å². The second-order valence-electron chi connectivity index (χ2n) is 3.61. The number of carboxylic acid groups (broad SMARTS) is 1. The molecule has 0 fully saturated rings. The van der Waals surface area contributed by atoms with E-state index in [0.717, 1.165) is 0 Å². The predicted octanol–water partition coefficient (Wildman–Crippen LogP) is 1.29. The number of hydrogen-bond donors (Lipinski definition) is 4. The summed E-state index contributed by atoms with van der Waals surface area (Å²) in [4.78, 5) is 10.7. The average molecular weight is 277 g/mol. The lowest BCUT2D eigenvalue weighted by molar-refractivity contribution is -0.136. The molecule has 0 aliphatic carbocycles. The van der Waals surface area contributed by atoms with Crippen molar-refractivity contribution in [3.05, 3.63) is 34.3 Å². The second kappa shape index (κ2) is 6.26. The maximum Gasteiger partial charge on any atom is 0.307 e. The van der Waals surface area contributed by atoms with Crippen LogP contribution >= 0.6 is 24.2 Å². The van der Waals surface area contributed by atoms with Gasteiger partial charge in [0.05, 0.1) is 12.5 Å². The number of thiol groups is 1. The Morgan fingerprint density at radius 3 is 2.59 bits per heavy atom. The number of carboxylic acids is 1. The zero-order valence-electron chi connectivity index (χ0n) is 8.88. The molecule has 0 aliphatic heterocycles. The van der Waals surface area contributed by atoms with Crippen LogP contribution < -0.4 is 0 Å². The summed E-state index contributed by atoms with van der Waals surface area (Å²) in [6.07, 6.45) is -2.47. The second-order valence-corrected chi connectivity index (χ2v) is 4.41. The molecule has 2 atom stereocenters. The Balaban J connectivity index is 3.09. The quantitative estimate of drug-likeness (QED) is 0.611. The van der Waals surface area contributed by atoms with Gasteiger partial charge in [-0.05, 0) is 23.3 Å². The van der Waals surface area contributed by atoms with Gasteiger partial charge in [0, 0.05) is 10.8 Å². The number of hydrogen-bond acceptors (Lipinski definition) is 4. The molecule has 0 spiro atoms. The average Bonchev–Trinajstić information content (AvgIpc) is 2.26. The number of carbonyl (C=O) groups is 1. The Bertz CT molecular complexity index is 410. The number of rotatable bonds is 5. The van der Waals surface area contributed by atoms with Gasteiger partial charge in [-0.15, -0.1) is 0 Å². The standard InChI is InChI=1S/C11H13ClO4S/c12-7-1-2-8(11(16)9(13)5-17)6(3-7)4-10(14)15/h1-3,9,11,13,16-17H,4-5H2,(H,14,15). The number of aliphatic hydroxyl groups excluding tert-OH is 2. The number of aliphatic carboxylic acids is 1. The molecule has 1 aromatic rings. The van der Waals surface area contributed by atoms with Crippen LogP contribution in [-0.2, 0) is 11.2 Å². The van der Waals surface area contributed by atoms with E-state index in [0.29, 0.717) is 16.1 Å². The summed E-state index contributed by atoms with van der Waals surface area (Å²) in [6, 6.07) is 4.52. The van der Waals surface area contributed by atoms with Crippen molar-refractivity contribution in [2.24, 2.45) is 0 Å². The minimum absolute atomic E-state index is 0.0797. The Kier molecular flexibility index (Phi) is 5.27. The van der Waals surface area contributed by atoms with E-state index in [1.807, 2.05) is 0 Å². The zero-order chi connectivity index (χ0) is 13.0. The Morgan fingerprint density at radius 1 is 1.41 bits per heavy atom. The van der Waals surface area contributed by atoms with Crippen molar-refractivity contribution >= 4 is 30.2 Å². The van der Waals surface area contributed by atoms with Gasteiger partial charge in [0.15, 0.2) is 0 Å². The van der Waals surface area contributed by atoms with E-state index < -0.39 is 18.2 Å². The van der Waals surface area contributed by atoms with Crippen molar-refractivity contribution in [3.8, 4) is 0 Å². The van der Waals surface area contributed by atoms with Crippen molar-refractivity contribution in [2.45, 2.75) is 18.6 Å². The van der Waals surface area contributed by atoms with Crippen LogP contribution in [-0.4, -0.2) is 33.1 Å². The zero-order valence-corrected chi connectivity index (χ0v) is 10.5. The van der Waals surface area contributed by atoms with Crippen LogP contribution in [0.5, 0.6) is 0 Å². The SMILES string of the molecule is O=C(O)Cc1cc(Cl)ccc1C(O)C(O)CS. The molecule has 0 bridgehead atoms. The van der Waals surface area contributed by atoms with Gasteiger partial charge in [-0.25, -0.2) is 0 Å². The van der Waals surface area contributed by atoms with E-state index in [9.17, 15) is 15.0 Å². The molecule has 1 aromatic carbocycles. The molecule has 0 radical (unpaired) electrons. The first-order valence-corrected chi connectivity index (χ1v) is 5.94. The summed E-state index contributed by atoms with van der Waals surface area (Å²) < 4.78 is 0. The highest BCUT2D eigenvalue weighted by molar-refractivity contribution is 7.80. The number of halogens is 1. The van der Waals surface area contributed by atoms with Crippen LogP contribution in [0.4, 0.5) is 0 Å². The molecule has 0 amide bonds. The lowest BCUT2D eigenvalue weighted by Gasteiger charge is -2.19. The lowest BCUT2D eigenvalue weighted by Crippen LogP contribution is -2.21. The van der Waals surface area contributed by atoms with E-state index in [2.05, 4.69) is 12.6 Å². The third-order valence-electron chi connectivity index (χ3n) is 2.32. The number of benzene rings is 1. The first-order valence-electron chi connectivity index (χ1n) is 4.92. The molecule has 17 heavy (non-hydrogen) atoms. The largest absolute Gasteiger partial charge is 0.481 e. The summed E-state index contributed by atoms with van der Waals surface area (Å²) in [5.41, 5.74) is 0.747. The Hall–Kier alpha value is -0.750. The summed E-state index contributed by atoms with van der Waals surface area (Å²) >= 11 is 9.64. The van der Waals surface area contributed by atoms with Gasteiger partial charge < -0.3 is 15.3 Å². The molecular weight excluding hydrogens is 264 g/mol. The van der Waals surface area contributed by atoms with E-state index in [4.69, 9.17) is 16.7 Å². The highest BCUT2D eigenvalue weighted by Crippen LogP contribution is 2.25. The fourth-order valence-corrected chi connectivity index (χ4v) is 1.88. The van der Waals surface area contributed by atoms with Crippen LogP contribution in [0.25, 0.3) is 0 Å². The molecule has 3 N–H and O–H groups in total. The maximum absolute atomic E-state index is 10.7. The van der Waals surface area contributed by atoms with Gasteiger partial charge in [0.25, 0.3) is 0 Å². The maximum atomic E-state index is 10.7. The van der Waals surface area contributed by atoms with Crippen LogP contribution in [0.1, 0.15) is 17.2 Å². The molecule has 2 unspecified atom stereocenters. The summed E-state index contributed by atoms with van der Waals surface area (Å²) in [5.74, 6) is -0.947. The fraction of sp³-hybridized carbons (Fsp3) is 0.364. The molecule has 1 rings (SSSR count). The van der Waals surface area contributed by atoms with Gasteiger partial charge in [0.2, 0.25) is 0 Å². The normalized spacial score (nSPS) is 14.4. The minimum atomic E-state index is -1.17. The minimum Gasteiger partial charge on any atom is -0.481 e. The first-order chi connectivity index (χ1) is 7.95. The molecule has 94 valence electrons. The van der Waals surface area contributed by atoms with Gasteiger partial charge in [-0.3, -0.25) is 4.79 Å². The topological polar surface area (TPSA) is 77.8 Å². The third kappa shape index (κ3) is 3.89. The molecule has 4 nitrogen and oxygen atoms in total. The van der Waals surface area contributed by atoms with Crippen LogP contribution in [0.15, 0.2) is 18.2 Å². The van der Waals surface area contributed by atoms with Crippen molar-refractivity contribution in [2.75, 3.05) is 5.75 Å². The third-order valence-corrected chi connectivity index (χ3v) is 2.93. The first kappa shape index (κ1) is 14.3. The Morgan fingerprint density at radius 2 is 2.06 bits per heavy atom. The van der Waals surface area contributed by atoms with Gasteiger partial charge in [-0.2, -0.15) is 12.6 Å². The smallest absolute Gasteiger partial charge is 0.307 e. The van der Waals surface area contributed by atoms with Gasteiger partial charge in [-0.1, -0.05) is 17.7 Å². The van der Waals surface area contributed by atoms with E-state index in [1.165, 1.54) is 18.2 Å². The van der Waals surface area contributed by atoms with Crippen molar-refractivity contribution < 1.29 is 20.1 Å². The van der Waals surface area contributed by atoms with Crippen LogP contribution in [0.3, 0.4) is 0 Å². The highest BCUT2D eigenvalue weighted by Gasteiger charge is 2.21. The summed E-state index contributed by atoms with van der Waals surface area (Å²) in [7, 11) is 0. The highest BCUT2D eigenvalue weighted by atomic mass is 35.5. The molecule has 0 saturated carbocycles. The molecule has 0 aromatic heterocycles. The van der Waals surface area contributed by atoms with E-state index >= 15 is 0 Å². The molecule has 0 aliphatic rings. The lowest BCUT2D eigenvalue weighted by atomic mass is 9.97. The molecule has 6 heteroatoms. The van der Waals surface area contributed by atoms with Crippen LogP contribution in [0.2, 0.25) is 5.02 Å². The van der Waals surface area contributed by atoms with Crippen molar-refractivity contribution in [1.82, 2.24) is 0 Å². The molecular formula is C11H13ClO4S. The summed E-state index contributed by atoms with van der Waals surface area (Å²) in [5, 5.41) is 28.5. The van der Waals surface area contributed by atoms with Crippen molar-refractivity contribution in [3.63, 3.8) is 0 Å². The van der Waals surface area contributed by atoms with Gasteiger partial charge >= 0.3 is 5.97 Å². The Labute approximate surface area is 109 Å². The number of aliphatic hydroxyl groups is 2. The fourth-order valence-electron chi connectivity index (χ4n) is 1.49.